The summed E-state index contributed by atoms with van der Waals surface area (Å²) in [7, 11) is 1.84. The first-order chi connectivity index (χ1) is 14.0. The van der Waals surface area contributed by atoms with Crippen molar-refractivity contribution in [2.45, 2.75) is 39.3 Å². The first-order valence-electron chi connectivity index (χ1n) is 9.72. The van der Waals surface area contributed by atoms with Crippen molar-refractivity contribution < 1.29 is 19.1 Å². The number of aromatic nitrogens is 2. The zero-order chi connectivity index (χ0) is 22.6. The fraction of sp³-hybridized carbons (Fsp3) is 0.550. The number of ether oxygens (including phenoxy) is 2. The van der Waals surface area contributed by atoms with Crippen molar-refractivity contribution in [2.75, 3.05) is 26.9 Å². The molecule has 0 atom stereocenters. The molecule has 0 aliphatic rings. The molecule has 0 fully saturated rings. The molecule has 8 nitrogen and oxygen atoms in total. The molecule has 2 aromatic heterocycles. The fourth-order valence-corrected chi connectivity index (χ4v) is 4.55. The molecule has 166 valence electrons. The van der Waals surface area contributed by atoms with Crippen LogP contribution in [0.1, 0.15) is 16.1 Å². The number of nitrogens with zero attached hydrogens (tertiary/aromatic N) is 2. The Morgan fingerprint density at radius 3 is 2.53 bits per heavy atom. The molecule has 2 heterocycles. The molecule has 0 aliphatic heterocycles. The number of halogens is 1. The highest BCUT2D eigenvalue weighted by atomic mass is 79.9. The van der Waals surface area contributed by atoms with Crippen LogP contribution < -0.4 is 10.9 Å². The molecule has 0 saturated carbocycles. The van der Waals surface area contributed by atoms with Crippen LogP contribution in [0.5, 0.6) is 0 Å². The number of rotatable bonds is 10. The van der Waals surface area contributed by atoms with E-state index in [9.17, 15) is 14.4 Å². The number of pyridine rings is 1. The van der Waals surface area contributed by atoms with Crippen LogP contribution in [0.25, 0.3) is 10.9 Å². The summed E-state index contributed by atoms with van der Waals surface area (Å²) in [6, 6.07) is 1.00. The number of amides is 1. The van der Waals surface area contributed by atoms with Crippen LogP contribution >= 0.6 is 15.9 Å². The van der Waals surface area contributed by atoms with Gasteiger partial charge in [0.1, 0.15) is 18.9 Å². The molecular weight excluding hydrogens is 470 g/mol. The molecule has 30 heavy (non-hydrogen) atoms. The molecule has 0 unspecified atom stereocenters. The third kappa shape index (κ3) is 5.69. The van der Waals surface area contributed by atoms with Gasteiger partial charge in [0.2, 0.25) is 0 Å². The van der Waals surface area contributed by atoms with E-state index in [-0.39, 0.29) is 31.2 Å². The Bertz CT molecular complexity index is 1010. The molecule has 0 spiro atoms. The van der Waals surface area contributed by atoms with Crippen molar-refractivity contribution in [3.8, 4) is 0 Å². The van der Waals surface area contributed by atoms with Crippen LogP contribution in [0.15, 0.2) is 15.5 Å². The minimum Gasteiger partial charge on any atom is -0.377 e. The van der Waals surface area contributed by atoms with Crippen LogP contribution in [-0.4, -0.2) is 55.8 Å². The van der Waals surface area contributed by atoms with Crippen molar-refractivity contribution in [3.63, 3.8) is 0 Å². The number of methoxy groups -OCH3 is 1. The summed E-state index contributed by atoms with van der Waals surface area (Å²) < 4.78 is 14.5. The minimum atomic E-state index is -1.25. The Balaban J connectivity index is 2.44. The van der Waals surface area contributed by atoms with E-state index in [0.717, 1.165) is 6.04 Å². The quantitative estimate of drug-likeness (QED) is 0.400. The van der Waals surface area contributed by atoms with Gasteiger partial charge < -0.3 is 23.9 Å². The molecule has 1 amide bonds. The lowest BCUT2D eigenvalue weighted by atomic mass is 10.1. The summed E-state index contributed by atoms with van der Waals surface area (Å²) in [6.07, 6.45) is 1.63. The largest absolute Gasteiger partial charge is 0.377 e. The Morgan fingerprint density at radius 1 is 1.27 bits per heavy atom. The number of carbonyl (C=O) groups is 2. The molecule has 0 bridgehead atoms. The van der Waals surface area contributed by atoms with Gasteiger partial charge in [-0.25, -0.2) is 0 Å². The summed E-state index contributed by atoms with van der Waals surface area (Å²) in [5.74, 6) is -0.659. The lowest BCUT2D eigenvalue weighted by molar-refractivity contribution is -0.121. The Hall–Kier alpha value is -1.75. The average Bonchev–Trinajstić information content (AvgIpc) is 2.94. The number of hydrogen-bond acceptors (Lipinski definition) is 5. The van der Waals surface area contributed by atoms with Crippen molar-refractivity contribution in [1.29, 1.82) is 0 Å². The maximum Gasteiger partial charge on any atom is 0.274 e. The van der Waals surface area contributed by atoms with Gasteiger partial charge >= 0.3 is 0 Å². The summed E-state index contributed by atoms with van der Waals surface area (Å²) >= 11 is 3.49. The number of nitrogens with one attached hydrogen (secondary N) is 1. The van der Waals surface area contributed by atoms with Gasteiger partial charge in [-0.05, 0) is 28.9 Å². The molecule has 0 saturated heterocycles. The monoisotopic (exact) mass is 499 g/mol. The number of Topliss-reactive ketones (excluding diaryl/α,β-unsaturated/α-hetero) is 1. The van der Waals surface area contributed by atoms with Gasteiger partial charge in [0.25, 0.3) is 11.5 Å². The Labute approximate surface area is 185 Å². The van der Waals surface area contributed by atoms with E-state index >= 15 is 0 Å². The zero-order valence-electron chi connectivity index (χ0n) is 18.4. The standard InChI is InChI=1S/C20H30BrN3O5Si/c1-13-16(19(26)22-9-14(25)11-28-3)17-15(21)10-23(2)20(27)18(17)24(13)12-29-7-8-30(4,5)6/h10H,7-9,11-12H2,1-6H3,(H,22,26). The maximum absolute atomic E-state index is 12.9. The average molecular weight is 500 g/mol. The van der Waals surface area contributed by atoms with Crippen LogP contribution in [-0.2, 0) is 28.0 Å². The predicted molar refractivity (Wildman–Crippen MR) is 123 cm³/mol. The molecular formula is C20H30BrN3O5Si. The lowest BCUT2D eigenvalue weighted by Crippen LogP contribution is -2.31. The number of aryl methyl sites for hydroxylation is 1. The number of fused-ring (bicyclic) bond motifs is 1. The normalized spacial score (nSPS) is 11.8. The molecule has 10 heteroatoms. The zero-order valence-corrected chi connectivity index (χ0v) is 21.0. The summed E-state index contributed by atoms with van der Waals surface area (Å²) in [4.78, 5) is 37.6. The van der Waals surface area contributed by atoms with Crippen LogP contribution in [0.2, 0.25) is 25.7 Å². The van der Waals surface area contributed by atoms with Crippen LogP contribution in [0, 0.1) is 6.92 Å². The molecule has 0 aromatic carbocycles. The lowest BCUT2D eigenvalue weighted by Gasteiger charge is -2.16. The topological polar surface area (TPSA) is 91.6 Å². The summed E-state index contributed by atoms with van der Waals surface area (Å²) in [5, 5.41) is 3.15. The highest BCUT2D eigenvalue weighted by Crippen LogP contribution is 2.30. The number of ketones is 1. The predicted octanol–water partition coefficient (Wildman–Crippen LogP) is 2.67. The highest BCUT2D eigenvalue weighted by molar-refractivity contribution is 9.10. The molecule has 0 aliphatic carbocycles. The van der Waals surface area contributed by atoms with E-state index in [2.05, 4.69) is 40.9 Å². The molecule has 2 rings (SSSR count). The second-order valence-electron chi connectivity index (χ2n) is 8.51. The first kappa shape index (κ1) is 24.5. The SMILES string of the molecule is COCC(=O)CNC(=O)c1c(C)n(COCC[Si](C)(C)C)c2c(=O)n(C)cc(Br)c12. The van der Waals surface area contributed by atoms with Crippen molar-refractivity contribution in [3.05, 3.63) is 32.3 Å². The maximum atomic E-state index is 12.9. The number of hydrogen-bond donors (Lipinski definition) is 1. The Kier molecular flexibility index (Phi) is 8.20. The van der Waals surface area contributed by atoms with Crippen LogP contribution in [0.3, 0.4) is 0 Å². The summed E-state index contributed by atoms with van der Waals surface area (Å²) in [5.41, 5.74) is 1.14. The Morgan fingerprint density at radius 2 is 1.93 bits per heavy atom. The van der Waals surface area contributed by atoms with Gasteiger partial charge in [0, 0.05) is 50.6 Å². The third-order valence-electron chi connectivity index (χ3n) is 4.79. The van der Waals surface area contributed by atoms with E-state index in [1.54, 1.807) is 24.7 Å². The van der Waals surface area contributed by atoms with E-state index in [1.165, 1.54) is 11.7 Å². The fourth-order valence-electron chi connectivity index (χ4n) is 3.10. The summed E-state index contributed by atoms with van der Waals surface area (Å²) in [6.45, 7) is 9.14. The smallest absolute Gasteiger partial charge is 0.274 e. The van der Waals surface area contributed by atoms with Crippen molar-refractivity contribution in [1.82, 2.24) is 14.5 Å². The van der Waals surface area contributed by atoms with Crippen LogP contribution in [0.4, 0.5) is 0 Å². The van der Waals surface area contributed by atoms with E-state index < -0.39 is 14.0 Å². The highest BCUT2D eigenvalue weighted by Gasteiger charge is 2.25. The van der Waals surface area contributed by atoms with Gasteiger partial charge in [-0.3, -0.25) is 14.4 Å². The second kappa shape index (κ2) is 10.0. The van der Waals surface area contributed by atoms with E-state index in [1.807, 2.05) is 0 Å². The molecule has 0 radical (unpaired) electrons. The minimum absolute atomic E-state index is 0.0732. The first-order valence-corrected chi connectivity index (χ1v) is 14.2. The van der Waals surface area contributed by atoms with Gasteiger partial charge in [-0.15, -0.1) is 0 Å². The number of carbonyl (C=O) groups excluding carboxylic acids is 2. The van der Waals surface area contributed by atoms with Crippen molar-refractivity contribution in [2.24, 2.45) is 7.05 Å². The van der Waals surface area contributed by atoms with Gasteiger partial charge in [0.05, 0.1) is 12.1 Å². The third-order valence-corrected chi connectivity index (χ3v) is 7.09. The van der Waals surface area contributed by atoms with Gasteiger partial charge in [-0.2, -0.15) is 0 Å². The van der Waals surface area contributed by atoms with Gasteiger partial charge in [0.15, 0.2) is 5.78 Å². The second-order valence-corrected chi connectivity index (χ2v) is 15.0. The molecule has 1 N–H and O–H groups in total. The van der Waals surface area contributed by atoms with E-state index in [4.69, 9.17) is 9.47 Å². The molecule has 2 aromatic rings. The van der Waals surface area contributed by atoms with Gasteiger partial charge in [-0.1, -0.05) is 19.6 Å². The van der Waals surface area contributed by atoms with E-state index in [0.29, 0.717) is 33.2 Å². The van der Waals surface area contributed by atoms with Crippen molar-refractivity contribution >= 4 is 46.6 Å².